The van der Waals surface area contributed by atoms with Gasteiger partial charge >= 0.3 is 0 Å². The maximum atomic E-state index is 6.84. The van der Waals surface area contributed by atoms with E-state index in [0.29, 0.717) is 17.8 Å². The van der Waals surface area contributed by atoms with Gasteiger partial charge in [0.2, 0.25) is 6.71 Å². The number of halogens is 7. The van der Waals surface area contributed by atoms with Crippen LogP contribution in [0.2, 0.25) is 0 Å². The molecule has 1 aliphatic heterocycles. The Morgan fingerprint density at radius 1 is 0.615 bits per heavy atom. The van der Waals surface area contributed by atoms with E-state index in [1.165, 1.54) is 19.3 Å². The highest BCUT2D eigenvalue weighted by molar-refractivity contribution is 8.24. The van der Waals surface area contributed by atoms with Crippen LogP contribution in [0.25, 0.3) is 0 Å². The molecule has 5 rings (SSSR count). The maximum Gasteiger partial charge on any atom is 0.257 e. The first-order valence-electron chi connectivity index (χ1n) is 7.99. The molecule has 4 bridgehead atoms. The first kappa shape index (κ1) is 22.1. The first-order chi connectivity index (χ1) is 11.8. The van der Waals surface area contributed by atoms with Gasteiger partial charge in [0.15, 0.2) is 0 Å². The summed E-state index contributed by atoms with van der Waals surface area (Å²) in [4.78, 5) is 0. The Morgan fingerprint density at radius 3 is 1.46 bits per heavy atom. The van der Waals surface area contributed by atoms with Gasteiger partial charge in [0, 0.05) is 5.54 Å². The van der Waals surface area contributed by atoms with Crippen molar-refractivity contribution in [2.24, 2.45) is 35.8 Å². The molecule has 0 aromatic carbocycles. The average Bonchev–Trinajstić information content (AvgIpc) is 2.27. The summed E-state index contributed by atoms with van der Waals surface area (Å²) in [6.45, 7) is -3.13. The van der Waals surface area contributed by atoms with Gasteiger partial charge in [0.1, 0.15) is 0 Å². The number of hydrogen-bond donors (Lipinski definition) is 1. The summed E-state index contributed by atoms with van der Waals surface area (Å²) in [6, 6.07) is 0. The monoisotopic (exact) mass is 575 g/mol. The smallest absolute Gasteiger partial charge is 0.247 e. The molecule has 4 fully saturated rings. The number of hydrogen-bond acceptors (Lipinski definition) is 5. The molecule has 0 saturated heterocycles. The predicted molar refractivity (Wildman–Crippen MR) is 122 cm³/mol. The summed E-state index contributed by atoms with van der Waals surface area (Å²) in [6.07, 6.45) is 7.01. The summed E-state index contributed by atoms with van der Waals surface area (Å²) in [5, 5.41) is 3.51. The van der Waals surface area contributed by atoms with Crippen molar-refractivity contribution in [2.45, 2.75) is 44.1 Å². The summed E-state index contributed by atoms with van der Waals surface area (Å²) in [5.74, 6) is -7.67. The van der Waals surface area contributed by atoms with Gasteiger partial charge in [-0.3, -0.25) is 0 Å². The van der Waals surface area contributed by atoms with Crippen molar-refractivity contribution in [3.8, 4) is 0 Å². The molecule has 5 nitrogen and oxygen atoms in total. The summed E-state index contributed by atoms with van der Waals surface area (Å²) < 4.78 is 16.9. The van der Waals surface area contributed by atoms with E-state index in [4.69, 9.17) is 78.7 Å². The van der Waals surface area contributed by atoms with Crippen molar-refractivity contribution in [1.29, 1.82) is 0 Å². The van der Waals surface area contributed by atoms with Crippen molar-refractivity contribution >= 4 is 103 Å². The third-order valence-corrected chi connectivity index (χ3v) is 21.9. The maximum absolute atomic E-state index is 6.84. The third-order valence-electron chi connectivity index (χ3n) is 5.30. The van der Waals surface area contributed by atoms with Crippen LogP contribution in [0.3, 0.4) is 0 Å². The van der Waals surface area contributed by atoms with E-state index in [9.17, 15) is 0 Å². The summed E-state index contributed by atoms with van der Waals surface area (Å²) in [7, 11) is 0. The van der Waals surface area contributed by atoms with Gasteiger partial charge in [-0.15, -0.1) is 0 Å². The van der Waals surface area contributed by atoms with Gasteiger partial charge in [0.05, 0.1) is 0 Å². The highest BCUT2D eigenvalue weighted by Crippen LogP contribution is 2.87. The predicted octanol–water partition coefficient (Wildman–Crippen LogP) is 11.0. The lowest BCUT2D eigenvalue weighted by Gasteiger charge is -2.57. The van der Waals surface area contributed by atoms with Crippen LogP contribution in [0.1, 0.15) is 38.5 Å². The zero-order valence-electron chi connectivity index (χ0n) is 13.2. The van der Waals surface area contributed by atoms with Crippen LogP contribution >= 0.6 is 103 Å². The zero-order valence-corrected chi connectivity index (χ0v) is 22.1. The second-order valence-electron chi connectivity index (χ2n) is 7.56. The highest BCUT2D eigenvalue weighted by atomic mass is 35.9. The zero-order chi connectivity index (χ0) is 19.0. The quantitative estimate of drug-likeness (QED) is 0.326. The molecule has 150 valence electrons. The average molecular weight is 578 g/mol. The molecule has 26 heavy (non-hydrogen) atoms. The molecule has 5 aliphatic rings. The van der Waals surface area contributed by atoms with Gasteiger partial charge in [-0.1, -0.05) is 0 Å². The second-order valence-corrected chi connectivity index (χ2v) is 25.9. The van der Waals surface area contributed by atoms with E-state index in [2.05, 4.69) is 23.1 Å². The van der Waals surface area contributed by atoms with Crippen LogP contribution in [0, 0.1) is 17.8 Å². The lowest BCUT2D eigenvalue weighted by atomic mass is 9.53. The molecule has 0 radical (unpaired) electrons. The molecule has 4 saturated carbocycles. The van der Waals surface area contributed by atoms with Crippen molar-refractivity contribution in [1.82, 2.24) is 5.09 Å². The van der Waals surface area contributed by atoms with E-state index in [0.717, 1.165) is 19.3 Å². The fraction of sp³-hybridized carbons (Fsp3) is 1.00. The fourth-order valence-corrected chi connectivity index (χ4v) is 29.3. The molecule has 0 aromatic rings. The Labute approximate surface area is 186 Å². The summed E-state index contributed by atoms with van der Waals surface area (Å²) >= 11 is 44.3. The lowest BCUT2D eigenvalue weighted by Crippen LogP contribution is -2.56. The Morgan fingerprint density at radius 2 is 1.00 bits per heavy atom. The molecular formula is C10H16Cl7N5P4. The van der Waals surface area contributed by atoms with Crippen LogP contribution < -0.4 is 5.09 Å². The van der Waals surface area contributed by atoms with Crippen LogP contribution in [-0.2, 0) is 0 Å². The lowest BCUT2D eigenvalue weighted by molar-refractivity contribution is -0.00766. The van der Waals surface area contributed by atoms with Crippen LogP contribution in [0.4, 0.5) is 0 Å². The first-order valence-corrected chi connectivity index (χ1v) is 21.1. The van der Waals surface area contributed by atoms with Gasteiger partial charge in [-0.05, 0) is 135 Å². The molecule has 1 unspecified atom stereocenters. The Kier molecular flexibility index (Phi) is 6.14. The molecular weight excluding hydrogens is 562 g/mol. The molecule has 0 spiro atoms. The minimum atomic E-state index is -3.27. The Bertz CT molecular complexity index is 817. The molecule has 0 aromatic heterocycles. The van der Waals surface area contributed by atoms with E-state index in [1.54, 1.807) is 0 Å². The SMILES string of the molecule is ClP1(Cl)=NP(Cl)(Cl)=NP(Cl)(NC23CC4CC(CC(C4)C2)C3)=NP(Cl)(Cl)=N1. The standard InChI is InChI=1S/C10H16Cl7N5P4/c11-23(12)19-24(13,14)21-26(17,22-25(15,16)20-23)18-10-4-7-1-8(5-10)3-9(2-7)6-10/h7-9,18H,1-6H2. The van der Waals surface area contributed by atoms with Crippen molar-refractivity contribution in [2.75, 3.05) is 0 Å². The van der Waals surface area contributed by atoms with E-state index >= 15 is 0 Å². The van der Waals surface area contributed by atoms with Crippen molar-refractivity contribution in [3.63, 3.8) is 0 Å². The molecule has 1 heterocycles. The molecule has 16 heteroatoms. The van der Waals surface area contributed by atoms with Gasteiger partial charge in [-0.25, -0.2) is 5.09 Å². The third kappa shape index (κ3) is 5.03. The minimum absolute atomic E-state index is 0.133. The highest BCUT2D eigenvalue weighted by Gasteiger charge is 2.53. The van der Waals surface area contributed by atoms with E-state index in [1.807, 2.05) is 0 Å². The summed E-state index contributed by atoms with van der Waals surface area (Å²) in [5.41, 5.74) is -0.133. The largest absolute Gasteiger partial charge is 0.257 e. The molecule has 0 amide bonds. The Hall–Kier alpha value is 2.91. The topological polar surface area (TPSA) is 61.5 Å². The Balaban J connectivity index is 1.78. The van der Waals surface area contributed by atoms with Gasteiger partial charge < -0.3 is 0 Å². The fourth-order valence-electron chi connectivity index (χ4n) is 5.21. The van der Waals surface area contributed by atoms with Crippen LogP contribution in [0.15, 0.2) is 18.1 Å². The normalized spacial score (nSPS) is 47.6. The van der Waals surface area contributed by atoms with E-state index in [-0.39, 0.29) is 5.54 Å². The van der Waals surface area contributed by atoms with Gasteiger partial charge in [-0.2, -0.15) is 18.1 Å². The van der Waals surface area contributed by atoms with Gasteiger partial charge in [0.25, 0.3) is 17.7 Å². The second kappa shape index (κ2) is 7.22. The van der Waals surface area contributed by atoms with Crippen LogP contribution in [-0.4, -0.2) is 5.54 Å². The number of nitrogens with zero attached hydrogens (tertiary/aromatic N) is 4. The van der Waals surface area contributed by atoms with Crippen LogP contribution in [0.5, 0.6) is 0 Å². The molecule has 4 aliphatic carbocycles. The van der Waals surface area contributed by atoms with E-state index < -0.39 is 24.4 Å². The molecule has 1 atom stereocenters. The minimum Gasteiger partial charge on any atom is -0.247 e. The molecule has 1 N–H and O–H groups in total. The number of nitrogens with one attached hydrogen (secondary N) is 1. The van der Waals surface area contributed by atoms with Crippen molar-refractivity contribution in [3.05, 3.63) is 0 Å². The van der Waals surface area contributed by atoms with Crippen molar-refractivity contribution < 1.29 is 0 Å². The number of rotatable bonds is 2.